The quantitative estimate of drug-likeness (QED) is 0.637. The van der Waals surface area contributed by atoms with Crippen LogP contribution in [-0.4, -0.2) is 38.3 Å². The van der Waals surface area contributed by atoms with Crippen molar-refractivity contribution in [1.82, 2.24) is 4.31 Å². The Morgan fingerprint density at radius 3 is 2.60 bits per heavy atom. The number of benzene rings is 1. The molecular formula is C12H17N3O4S. The molecule has 2 rings (SSSR count). The summed E-state index contributed by atoms with van der Waals surface area (Å²) in [7, 11) is -0.868. The Kier molecular flexibility index (Phi) is 3.96. The normalized spacial score (nSPS) is 15.3. The highest BCUT2D eigenvalue weighted by Crippen LogP contribution is 2.35. The second-order valence-electron chi connectivity index (χ2n) is 4.89. The predicted octanol–water partition coefficient (Wildman–Crippen LogP) is 1.67. The maximum Gasteiger partial charge on any atom is 0.312 e. The Morgan fingerprint density at radius 2 is 2.10 bits per heavy atom. The number of hydrogen-bond donors (Lipinski definition) is 1. The molecule has 1 fully saturated rings. The van der Waals surface area contributed by atoms with Gasteiger partial charge in [0, 0.05) is 20.6 Å². The molecule has 0 heterocycles. The molecule has 0 radical (unpaired) electrons. The topological polar surface area (TPSA) is 92.6 Å². The molecule has 0 aromatic heterocycles. The molecule has 1 aromatic carbocycles. The molecule has 110 valence electrons. The molecule has 7 nitrogen and oxygen atoms in total. The average Bonchev–Trinajstić information content (AvgIpc) is 3.21. The van der Waals surface area contributed by atoms with Crippen LogP contribution in [0, 0.1) is 16.0 Å². The number of anilines is 1. The van der Waals surface area contributed by atoms with Crippen LogP contribution in [0.2, 0.25) is 0 Å². The molecule has 1 N–H and O–H groups in total. The zero-order valence-corrected chi connectivity index (χ0v) is 12.2. The first kappa shape index (κ1) is 14.7. The van der Waals surface area contributed by atoms with Gasteiger partial charge in [-0.05, 0) is 30.9 Å². The molecule has 1 aliphatic rings. The predicted molar refractivity (Wildman–Crippen MR) is 75.2 cm³/mol. The van der Waals surface area contributed by atoms with Gasteiger partial charge >= 0.3 is 5.69 Å². The van der Waals surface area contributed by atoms with E-state index >= 15 is 0 Å². The number of nitro groups is 1. The van der Waals surface area contributed by atoms with Gasteiger partial charge in [0.25, 0.3) is 0 Å². The van der Waals surface area contributed by atoms with Crippen LogP contribution in [0.25, 0.3) is 0 Å². The molecule has 0 atom stereocenters. The van der Waals surface area contributed by atoms with Crippen molar-refractivity contribution in [3.05, 3.63) is 28.3 Å². The number of nitro benzene ring substituents is 1. The summed E-state index contributed by atoms with van der Waals surface area (Å²) in [6.07, 6.45) is 2.02. The Balaban J connectivity index is 2.47. The lowest BCUT2D eigenvalue weighted by molar-refractivity contribution is -0.386. The van der Waals surface area contributed by atoms with Gasteiger partial charge < -0.3 is 5.32 Å². The fraction of sp³-hybridized carbons (Fsp3) is 0.500. The maximum absolute atomic E-state index is 12.5. The van der Waals surface area contributed by atoms with Crippen LogP contribution in [0.5, 0.6) is 0 Å². The summed E-state index contributed by atoms with van der Waals surface area (Å²) in [4.78, 5) is 10.3. The smallest absolute Gasteiger partial charge is 0.312 e. The third-order valence-corrected chi connectivity index (χ3v) is 5.21. The van der Waals surface area contributed by atoms with Crippen LogP contribution in [0.3, 0.4) is 0 Å². The lowest BCUT2D eigenvalue weighted by Crippen LogP contribution is -2.29. The molecule has 1 saturated carbocycles. The van der Waals surface area contributed by atoms with Gasteiger partial charge in [-0.3, -0.25) is 10.1 Å². The van der Waals surface area contributed by atoms with E-state index in [-0.39, 0.29) is 10.6 Å². The third kappa shape index (κ3) is 2.75. The first-order chi connectivity index (χ1) is 9.37. The van der Waals surface area contributed by atoms with E-state index in [0.717, 1.165) is 12.8 Å². The Bertz CT molecular complexity index is 626. The van der Waals surface area contributed by atoms with Crippen LogP contribution >= 0.6 is 0 Å². The molecule has 20 heavy (non-hydrogen) atoms. The SMILES string of the molecule is CNc1cccc(S(=O)(=O)N(C)CC2CC2)c1[N+](=O)[O-]. The summed E-state index contributed by atoms with van der Waals surface area (Å²) in [6, 6.07) is 4.26. The summed E-state index contributed by atoms with van der Waals surface area (Å²) < 4.78 is 26.2. The first-order valence-corrected chi connectivity index (χ1v) is 7.73. The van der Waals surface area contributed by atoms with Crippen molar-refractivity contribution in [3.63, 3.8) is 0 Å². The molecule has 8 heteroatoms. The van der Waals surface area contributed by atoms with Crippen LogP contribution < -0.4 is 5.32 Å². The highest BCUT2D eigenvalue weighted by Gasteiger charge is 2.34. The van der Waals surface area contributed by atoms with Gasteiger partial charge in [0.15, 0.2) is 4.90 Å². The molecule has 0 unspecified atom stereocenters. The molecule has 1 aromatic rings. The van der Waals surface area contributed by atoms with E-state index in [1.54, 1.807) is 0 Å². The average molecular weight is 299 g/mol. The van der Waals surface area contributed by atoms with Crippen molar-refractivity contribution in [2.24, 2.45) is 5.92 Å². The summed E-state index contributed by atoms with van der Waals surface area (Å²) in [5.41, 5.74) is -0.214. The second-order valence-corrected chi connectivity index (χ2v) is 6.90. The van der Waals surface area contributed by atoms with Crippen LogP contribution in [0.15, 0.2) is 23.1 Å². The molecule has 0 spiro atoms. The van der Waals surface area contributed by atoms with E-state index in [0.29, 0.717) is 12.5 Å². The molecule has 0 amide bonds. The van der Waals surface area contributed by atoms with E-state index in [9.17, 15) is 18.5 Å². The third-order valence-electron chi connectivity index (χ3n) is 3.35. The number of hydrogen-bond acceptors (Lipinski definition) is 5. The van der Waals surface area contributed by atoms with Gasteiger partial charge in [-0.2, -0.15) is 0 Å². The fourth-order valence-electron chi connectivity index (χ4n) is 2.05. The zero-order chi connectivity index (χ0) is 14.9. The van der Waals surface area contributed by atoms with Gasteiger partial charge in [0.1, 0.15) is 5.69 Å². The summed E-state index contributed by atoms with van der Waals surface area (Å²) in [5.74, 6) is 0.376. The van der Waals surface area contributed by atoms with E-state index < -0.39 is 20.6 Å². The summed E-state index contributed by atoms with van der Waals surface area (Å²) in [6.45, 7) is 0.406. The highest BCUT2D eigenvalue weighted by atomic mass is 32.2. The van der Waals surface area contributed by atoms with Crippen LogP contribution in [0.1, 0.15) is 12.8 Å². The van der Waals surface area contributed by atoms with Crippen LogP contribution in [0.4, 0.5) is 11.4 Å². The molecular weight excluding hydrogens is 282 g/mol. The van der Waals surface area contributed by atoms with Crippen molar-refractivity contribution in [2.45, 2.75) is 17.7 Å². The van der Waals surface area contributed by atoms with Gasteiger partial charge in [-0.25, -0.2) is 12.7 Å². The minimum atomic E-state index is -3.85. The van der Waals surface area contributed by atoms with E-state index in [2.05, 4.69) is 5.32 Å². The lowest BCUT2D eigenvalue weighted by Gasteiger charge is -2.17. The zero-order valence-electron chi connectivity index (χ0n) is 11.4. The largest absolute Gasteiger partial charge is 0.383 e. The highest BCUT2D eigenvalue weighted by molar-refractivity contribution is 7.89. The number of rotatable bonds is 6. The van der Waals surface area contributed by atoms with Gasteiger partial charge in [0.2, 0.25) is 10.0 Å². The number of para-hydroxylation sites is 1. The Morgan fingerprint density at radius 1 is 1.45 bits per heavy atom. The monoisotopic (exact) mass is 299 g/mol. The number of nitrogens with one attached hydrogen (secondary N) is 1. The number of sulfonamides is 1. The Hall–Kier alpha value is -1.67. The van der Waals surface area contributed by atoms with Crippen LogP contribution in [-0.2, 0) is 10.0 Å². The maximum atomic E-state index is 12.5. The molecule has 0 bridgehead atoms. The van der Waals surface area contributed by atoms with E-state index in [4.69, 9.17) is 0 Å². The second kappa shape index (κ2) is 5.37. The van der Waals surface area contributed by atoms with E-state index in [1.807, 2.05) is 0 Å². The fourth-order valence-corrected chi connectivity index (χ4v) is 3.47. The summed E-state index contributed by atoms with van der Waals surface area (Å²) in [5, 5.41) is 13.8. The number of nitrogens with zero attached hydrogens (tertiary/aromatic N) is 2. The molecule has 0 aliphatic heterocycles. The van der Waals surface area contributed by atoms with Crippen molar-refractivity contribution in [3.8, 4) is 0 Å². The lowest BCUT2D eigenvalue weighted by atomic mass is 10.3. The van der Waals surface area contributed by atoms with Crippen molar-refractivity contribution in [2.75, 3.05) is 26.0 Å². The van der Waals surface area contributed by atoms with Gasteiger partial charge in [-0.15, -0.1) is 0 Å². The van der Waals surface area contributed by atoms with Crippen molar-refractivity contribution >= 4 is 21.4 Å². The summed E-state index contributed by atoms with van der Waals surface area (Å²) >= 11 is 0. The molecule has 0 saturated heterocycles. The van der Waals surface area contributed by atoms with Crippen molar-refractivity contribution in [1.29, 1.82) is 0 Å². The van der Waals surface area contributed by atoms with Gasteiger partial charge in [0.05, 0.1) is 4.92 Å². The molecule has 1 aliphatic carbocycles. The van der Waals surface area contributed by atoms with E-state index in [1.165, 1.54) is 36.6 Å². The minimum absolute atomic E-state index is 0.191. The Labute approximate surface area is 117 Å². The standard InChI is InChI=1S/C12H17N3O4S/c1-13-10-4-3-5-11(12(10)15(16)17)20(18,19)14(2)8-9-6-7-9/h3-5,9,13H,6-8H2,1-2H3. The van der Waals surface area contributed by atoms with Gasteiger partial charge in [-0.1, -0.05) is 6.07 Å². The first-order valence-electron chi connectivity index (χ1n) is 6.29. The van der Waals surface area contributed by atoms with Crippen molar-refractivity contribution < 1.29 is 13.3 Å². The minimum Gasteiger partial charge on any atom is -0.383 e.